The molecule has 1 aromatic carbocycles. The molecule has 1 atom stereocenters. The molecule has 1 unspecified atom stereocenters. The van der Waals surface area contributed by atoms with Crippen LogP contribution in [-0.4, -0.2) is 11.3 Å². The van der Waals surface area contributed by atoms with Crippen LogP contribution in [0.2, 0.25) is 0 Å². The average Bonchev–Trinajstić information content (AvgIpc) is 2.92. The first-order valence-corrected chi connectivity index (χ1v) is 6.62. The predicted molar refractivity (Wildman–Crippen MR) is 65.4 cm³/mol. The highest BCUT2D eigenvalue weighted by Crippen LogP contribution is 2.18. The molecule has 4 nitrogen and oxygen atoms in total. The quantitative estimate of drug-likeness (QED) is 0.801. The zero-order chi connectivity index (χ0) is 13.0. The van der Waals surface area contributed by atoms with E-state index in [9.17, 15) is 8.09 Å². The Hall–Kier alpha value is -1.82. The Morgan fingerprint density at radius 3 is 2.61 bits per heavy atom. The molecule has 0 bridgehead atoms. The second-order valence-corrected chi connectivity index (χ2v) is 5.10. The van der Waals surface area contributed by atoms with E-state index in [1.807, 2.05) is 0 Å². The molecule has 0 N–H and O–H groups in total. The summed E-state index contributed by atoms with van der Waals surface area (Å²) in [6.07, 6.45) is 1.26. The van der Waals surface area contributed by atoms with Crippen molar-refractivity contribution in [2.45, 2.75) is 11.6 Å². The maximum absolute atomic E-state index is 13.7. The van der Waals surface area contributed by atoms with Gasteiger partial charge in [0.1, 0.15) is 5.75 Å². The summed E-state index contributed by atoms with van der Waals surface area (Å²) in [4.78, 5) is 0. The second kappa shape index (κ2) is 5.22. The van der Waals surface area contributed by atoms with Gasteiger partial charge in [0.15, 0.2) is 0 Å². The average molecular weight is 269 g/mol. The number of nitrogens with zero attached hydrogens (tertiary/aromatic N) is 1. The number of hydrogen-bond acceptors (Lipinski definition) is 4. The molecular weight excluding hydrogens is 257 g/mol. The van der Waals surface area contributed by atoms with Crippen LogP contribution in [0.25, 0.3) is 0 Å². The molecule has 0 aliphatic rings. The molecule has 0 aliphatic carbocycles. The molecule has 0 spiro atoms. The van der Waals surface area contributed by atoms with E-state index in [2.05, 4.69) is 4.36 Å². The van der Waals surface area contributed by atoms with Gasteiger partial charge in [-0.15, -0.1) is 3.89 Å². The third-order valence-corrected chi connectivity index (χ3v) is 3.51. The van der Waals surface area contributed by atoms with Crippen molar-refractivity contribution in [2.75, 3.05) is 7.11 Å². The van der Waals surface area contributed by atoms with Gasteiger partial charge in [-0.2, -0.15) is 4.36 Å². The first-order valence-electron chi connectivity index (χ1n) is 5.21. The molecule has 18 heavy (non-hydrogen) atoms. The van der Waals surface area contributed by atoms with E-state index >= 15 is 0 Å². The van der Waals surface area contributed by atoms with Crippen molar-refractivity contribution in [3.8, 4) is 5.75 Å². The summed E-state index contributed by atoms with van der Waals surface area (Å²) >= 11 is 0. The van der Waals surface area contributed by atoms with Crippen molar-refractivity contribution < 1.29 is 17.2 Å². The van der Waals surface area contributed by atoms with Gasteiger partial charge in [0.25, 0.3) is 10.1 Å². The first-order chi connectivity index (χ1) is 8.62. The normalized spacial score (nSPS) is 13.9. The van der Waals surface area contributed by atoms with E-state index in [-0.39, 0.29) is 11.6 Å². The van der Waals surface area contributed by atoms with E-state index in [1.54, 1.807) is 31.4 Å². The number of hydrogen-bond donors (Lipinski definition) is 0. The third kappa shape index (κ3) is 2.89. The number of ether oxygens (including phenoxy) is 1. The Bertz CT molecular complexity index is 613. The molecule has 0 fully saturated rings. The summed E-state index contributed by atoms with van der Waals surface area (Å²) in [7, 11) is -2.39. The molecule has 2 aromatic rings. The van der Waals surface area contributed by atoms with Crippen LogP contribution in [0.4, 0.5) is 3.89 Å². The molecule has 0 saturated heterocycles. The lowest BCUT2D eigenvalue weighted by molar-refractivity contribution is 0.414. The SMILES string of the molecule is COc1ccc(CN=S(=O)(F)c2ccco2)cc1. The van der Waals surface area contributed by atoms with Crippen LogP contribution in [0, 0.1) is 0 Å². The lowest BCUT2D eigenvalue weighted by Gasteiger charge is -2.01. The fraction of sp³-hybridized carbons (Fsp3) is 0.167. The fourth-order valence-electron chi connectivity index (χ4n) is 1.36. The van der Waals surface area contributed by atoms with Crippen LogP contribution in [0.15, 0.2) is 56.5 Å². The summed E-state index contributed by atoms with van der Waals surface area (Å²) in [5, 5.41) is -0.254. The van der Waals surface area contributed by atoms with Crippen LogP contribution in [0.1, 0.15) is 5.56 Å². The monoisotopic (exact) mass is 269 g/mol. The zero-order valence-electron chi connectivity index (χ0n) is 9.71. The summed E-state index contributed by atoms with van der Waals surface area (Å²) in [6, 6.07) is 9.72. The molecule has 0 radical (unpaired) electrons. The smallest absolute Gasteiger partial charge is 0.264 e. The zero-order valence-corrected chi connectivity index (χ0v) is 10.5. The van der Waals surface area contributed by atoms with Gasteiger partial charge in [0.05, 0.1) is 19.9 Å². The number of methoxy groups -OCH3 is 1. The highest BCUT2D eigenvalue weighted by molar-refractivity contribution is 7.88. The molecule has 0 saturated carbocycles. The maximum atomic E-state index is 13.7. The van der Waals surface area contributed by atoms with Crippen molar-refractivity contribution in [1.82, 2.24) is 0 Å². The summed E-state index contributed by atoms with van der Waals surface area (Å²) in [5.41, 5.74) is 0.743. The van der Waals surface area contributed by atoms with E-state index < -0.39 is 10.1 Å². The number of halogens is 1. The highest BCUT2D eigenvalue weighted by atomic mass is 32.3. The van der Waals surface area contributed by atoms with Crippen LogP contribution >= 0.6 is 0 Å². The Labute approximate surface area is 105 Å². The van der Waals surface area contributed by atoms with E-state index in [1.165, 1.54) is 18.4 Å². The highest BCUT2D eigenvalue weighted by Gasteiger charge is 2.13. The lowest BCUT2D eigenvalue weighted by atomic mass is 10.2. The van der Waals surface area contributed by atoms with Crippen molar-refractivity contribution in [2.24, 2.45) is 4.36 Å². The molecule has 0 aliphatic heterocycles. The van der Waals surface area contributed by atoms with Gasteiger partial charge in [-0.3, -0.25) is 0 Å². The van der Waals surface area contributed by atoms with Crippen molar-refractivity contribution in [3.05, 3.63) is 48.2 Å². The van der Waals surface area contributed by atoms with Gasteiger partial charge >= 0.3 is 0 Å². The molecule has 6 heteroatoms. The third-order valence-electron chi connectivity index (χ3n) is 2.32. The fourth-order valence-corrected chi connectivity index (χ4v) is 2.22. The van der Waals surface area contributed by atoms with Crippen molar-refractivity contribution in [3.63, 3.8) is 0 Å². The Morgan fingerprint density at radius 1 is 1.33 bits per heavy atom. The Morgan fingerprint density at radius 2 is 2.06 bits per heavy atom. The molecule has 2 rings (SSSR count). The van der Waals surface area contributed by atoms with Gasteiger partial charge in [-0.25, -0.2) is 4.21 Å². The first kappa shape index (κ1) is 12.6. The van der Waals surface area contributed by atoms with Crippen LogP contribution < -0.4 is 4.74 Å². The Balaban J connectivity index is 2.17. The van der Waals surface area contributed by atoms with Gasteiger partial charge in [-0.05, 0) is 29.8 Å². The Kier molecular flexibility index (Phi) is 3.66. The summed E-state index contributed by atoms with van der Waals surface area (Å²) < 4.78 is 38.6. The van der Waals surface area contributed by atoms with Gasteiger partial charge in [-0.1, -0.05) is 12.1 Å². The molecule has 1 heterocycles. The lowest BCUT2D eigenvalue weighted by Crippen LogP contribution is -1.92. The van der Waals surface area contributed by atoms with Crippen LogP contribution in [0.5, 0.6) is 5.75 Å². The van der Waals surface area contributed by atoms with Gasteiger partial charge in [0.2, 0.25) is 5.09 Å². The van der Waals surface area contributed by atoms with E-state index in [0.717, 1.165) is 5.56 Å². The van der Waals surface area contributed by atoms with E-state index in [4.69, 9.17) is 9.15 Å². The van der Waals surface area contributed by atoms with Crippen molar-refractivity contribution in [1.29, 1.82) is 0 Å². The number of furan rings is 1. The van der Waals surface area contributed by atoms with Crippen LogP contribution in [0.3, 0.4) is 0 Å². The minimum Gasteiger partial charge on any atom is -0.497 e. The van der Waals surface area contributed by atoms with Crippen molar-refractivity contribution >= 4 is 10.1 Å². The summed E-state index contributed by atoms with van der Waals surface area (Å²) in [6.45, 7) is 0.0139. The standard InChI is InChI=1S/C12H12FNO3S/c1-16-11-6-4-10(5-7-11)9-14-18(13,15)12-3-2-8-17-12/h2-8H,9H2,1H3. The number of benzene rings is 1. The predicted octanol–water partition coefficient (Wildman–Crippen LogP) is 3.20. The minimum atomic E-state index is -3.95. The molecular formula is C12H12FNO3S. The molecule has 0 amide bonds. The second-order valence-electron chi connectivity index (χ2n) is 3.53. The van der Waals surface area contributed by atoms with E-state index in [0.29, 0.717) is 5.75 Å². The largest absolute Gasteiger partial charge is 0.497 e. The van der Waals surface area contributed by atoms with Gasteiger partial charge < -0.3 is 9.15 Å². The summed E-state index contributed by atoms with van der Waals surface area (Å²) in [5.74, 6) is 0.700. The minimum absolute atomic E-state index is 0.0139. The molecule has 96 valence electrons. The number of rotatable bonds is 4. The maximum Gasteiger partial charge on any atom is 0.264 e. The topological polar surface area (TPSA) is 51.8 Å². The van der Waals surface area contributed by atoms with Crippen LogP contribution in [-0.2, 0) is 16.7 Å². The molecule has 1 aromatic heterocycles. The van der Waals surface area contributed by atoms with Gasteiger partial charge in [0, 0.05) is 0 Å².